The number of carbonyl (C=O) groups excluding carboxylic acids is 1. The van der Waals surface area contributed by atoms with Crippen LogP contribution < -0.4 is 14.8 Å². The van der Waals surface area contributed by atoms with Gasteiger partial charge in [0.05, 0.1) is 25.0 Å². The van der Waals surface area contributed by atoms with Crippen molar-refractivity contribution < 1.29 is 23.0 Å². The van der Waals surface area contributed by atoms with Gasteiger partial charge in [0.15, 0.2) is 17.2 Å². The zero-order chi connectivity index (χ0) is 15.2. The summed E-state index contributed by atoms with van der Waals surface area (Å²) >= 11 is 0.923. The minimum Gasteiger partial charge on any atom is -0.493 e. The molecule has 0 saturated heterocycles. The number of ether oxygens (including phenoxy) is 2. The molecular weight excluding hydrogens is 304 g/mol. The number of hydrogen-bond donors (Lipinski definition) is 1. The molecule has 0 fully saturated rings. The van der Waals surface area contributed by atoms with E-state index in [1.54, 1.807) is 6.07 Å². The first kappa shape index (κ1) is 15.1. The van der Waals surface area contributed by atoms with Crippen LogP contribution in [0.4, 0.5) is 8.78 Å². The molecule has 21 heavy (non-hydrogen) atoms. The molecule has 2 rings (SSSR count). The summed E-state index contributed by atoms with van der Waals surface area (Å²) in [5.74, 6) is -0.292. The predicted molar refractivity (Wildman–Crippen MR) is 70.7 cm³/mol. The summed E-state index contributed by atoms with van der Waals surface area (Å²) in [6.07, 6.45) is 1.35. The Morgan fingerprint density at radius 3 is 2.86 bits per heavy atom. The van der Waals surface area contributed by atoms with Crippen molar-refractivity contribution >= 4 is 17.6 Å². The second-order valence-corrected chi connectivity index (χ2v) is 4.40. The third kappa shape index (κ3) is 4.09. The number of aromatic nitrogens is 2. The molecule has 1 heterocycles. The smallest absolute Gasteiger partial charge is 0.387 e. The number of benzene rings is 1. The third-order valence-corrected chi connectivity index (χ3v) is 2.97. The first-order valence-corrected chi connectivity index (χ1v) is 6.50. The highest BCUT2D eigenvalue weighted by molar-refractivity contribution is 6.99. The maximum absolute atomic E-state index is 12.3. The normalized spacial score (nSPS) is 10.5. The second-order valence-electron chi connectivity index (χ2n) is 3.84. The van der Waals surface area contributed by atoms with Crippen LogP contribution in [0.2, 0.25) is 0 Å². The zero-order valence-corrected chi connectivity index (χ0v) is 11.7. The Hall–Kier alpha value is -2.29. The highest BCUT2D eigenvalue weighted by Crippen LogP contribution is 2.29. The number of hydrogen-bond acceptors (Lipinski definition) is 6. The number of methoxy groups -OCH3 is 1. The van der Waals surface area contributed by atoms with Crippen LogP contribution in [0.15, 0.2) is 24.4 Å². The van der Waals surface area contributed by atoms with Gasteiger partial charge in [0.1, 0.15) is 0 Å². The number of nitrogens with one attached hydrogen (secondary N) is 1. The van der Waals surface area contributed by atoms with Gasteiger partial charge in [0, 0.05) is 6.54 Å². The monoisotopic (exact) mass is 315 g/mol. The molecule has 0 atom stereocenters. The van der Waals surface area contributed by atoms with Crippen LogP contribution in [-0.2, 0) is 6.54 Å². The van der Waals surface area contributed by atoms with E-state index in [0.717, 1.165) is 11.7 Å². The van der Waals surface area contributed by atoms with Crippen LogP contribution >= 0.6 is 11.7 Å². The van der Waals surface area contributed by atoms with Crippen molar-refractivity contribution in [1.29, 1.82) is 0 Å². The topological polar surface area (TPSA) is 73.3 Å². The minimum absolute atomic E-state index is 0.0884. The van der Waals surface area contributed by atoms with E-state index >= 15 is 0 Å². The molecule has 2 aromatic rings. The zero-order valence-electron chi connectivity index (χ0n) is 10.9. The van der Waals surface area contributed by atoms with E-state index in [1.165, 1.54) is 25.4 Å². The lowest BCUT2D eigenvalue weighted by Crippen LogP contribution is -2.23. The van der Waals surface area contributed by atoms with Crippen LogP contribution in [-0.4, -0.2) is 28.4 Å². The highest BCUT2D eigenvalue weighted by Gasteiger charge is 2.12. The van der Waals surface area contributed by atoms with Crippen LogP contribution in [0, 0.1) is 0 Å². The third-order valence-electron chi connectivity index (χ3n) is 2.49. The molecule has 0 aliphatic carbocycles. The van der Waals surface area contributed by atoms with E-state index in [0.29, 0.717) is 5.56 Å². The first-order chi connectivity index (χ1) is 10.1. The van der Waals surface area contributed by atoms with Gasteiger partial charge >= 0.3 is 6.61 Å². The molecule has 0 unspecified atom stereocenters. The molecule has 0 aliphatic rings. The van der Waals surface area contributed by atoms with Gasteiger partial charge in [-0.1, -0.05) is 6.07 Å². The Morgan fingerprint density at radius 2 is 2.24 bits per heavy atom. The lowest BCUT2D eigenvalue weighted by atomic mass is 10.2. The molecule has 1 aromatic carbocycles. The quantitative estimate of drug-likeness (QED) is 0.883. The van der Waals surface area contributed by atoms with Gasteiger partial charge in [-0.25, -0.2) is 0 Å². The van der Waals surface area contributed by atoms with Crippen molar-refractivity contribution in [2.45, 2.75) is 13.2 Å². The molecule has 0 saturated carbocycles. The van der Waals surface area contributed by atoms with E-state index in [4.69, 9.17) is 4.74 Å². The lowest BCUT2D eigenvalue weighted by molar-refractivity contribution is -0.0512. The van der Waals surface area contributed by atoms with Gasteiger partial charge in [-0.3, -0.25) is 4.79 Å². The van der Waals surface area contributed by atoms with Crippen LogP contribution in [0.5, 0.6) is 11.5 Å². The SMILES string of the molecule is COc1ccc(CNC(=O)c2cnsn2)cc1OC(F)F. The molecule has 0 radical (unpaired) electrons. The van der Waals surface area contributed by atoms with Crippen molar-refractivity contribution in [2.75, 3.05) is 7.11 Å². The van der Waals surface area contributed by atoms with Gasteiger partial charge in [-0.15, -0.1) is 0 Å². The van der Waals surface area contributed by atoms with Crippen LogP contribution in [0.3, 0.4) is 0 Å². The Bertz CT molecular complexity index is 608. The summed E-state index contributed by atoms with van der Waals surface area (Å²) in [5.41, 5.74) is 0.792. The average Bonchev–Trinajstić information content (AvgIpc) is 2.98. The molecule has 1 aromatic heterocycles. The van der Waals surface area contributed by atoms with E-state index in [2.05, 4.69) is 18.8 Å². The molecule has 1 N–H and O–H groups in total. The summed E-state index contributed by atoms with van der Waals surface area (Å²) in [4.78, 5) is 11.7. The molecule has 112 valence electrons. The van der Waals surface area contributed by atoms with Crippen molar-refractivity contribution in [1.82, 2.24) is 14.1 Å². The molecule has 0 aliphatic heterocycles. The maximum atomic E-state index is 12.3. The summed E-state index contributed by atoms with van der Waals surface area (Å²) in [6.45, 7) is -2.82. The molecule has 0 spiro atoms. The maximum Gasteiger partial charge on any atom is 0.387 e. The average molecular weight is 315 g/mol. The van der Waals surface area contributed by atoms with Gasteiger partial charge in [0.25, 0.3) is 5.91 Å². The van der Waals surface area contributed by atoms with E-state index < -0.39 is 12.5 Å². The van der Waals surface area contributed by atoms with Crippen LogP contribution in [0.1, 0.15) is 16.1 Å². The summed E-state index contributed by atoms with van der Waals surface area (Å²) < 4.78 is 41.4. The number of rotatable bonds is 6. The first-order valence-electron chi connectivity index (χ1n) is 5.77. The predicted octanol–water partition coefficient (Wildman–Crippen LogP) is 2.08. The summed E-state index contributed by atoms with van der Waals surface area (Å²) in [6, 6.07) is 4.50. The van der Waals surface area contributed by atoms with E-state index in [1.807, 2.05) is 0 Å². The van der Waals surface area contributed by atoms with Crippen molar-refractivity contribution in [3.8, 4) is 11.5 Å². The minimum atomic E-state index is -2.95. The van der Waals surface area contributed by atoms with Gasteiger partial charge in [0.2, 0.25) is 0 Å². The molecule has 9 heteroatoms. The molecule has 1 amide bonds. The number of amides is 1. The van der Waals surface area contributed by atoms with Crippen LogP contribution in [0.25, 0.3) is 0 Å². The van der Waals surface area contributed by atoms with E-state index in [9.17, 15) is 13.6 Å². The molecule has 6 nitrogen and oxygen atoms in total. The Morgan fingerprint density at radius 1 is 1.43 bits per heavy atom. The van der Waals surface area contributed by atoms with Gasteiger partial charge < -0.3 is 14.8 Å². The Kier molecular flexibility index (Phi) is 4.99. The van der Waals surface area contributed by atoms with Crippen molar-refractivity contribution in [3.63, 3.8) is 0 Å². The number of carbonyl (C=O) groups is 1. The number of alkyl halides is 2. The second kappa shape index (κ2) is 6.93. The van der Waals surface area contributed by atoms with Gasteiger partial charge in [-0.2, -0.15) is 17.5 Å². The number of halogens is 2. The largest absolute Gasteiger partial charge is 0.493 e. The standard InChI is InChI=1S/C12H11F2N3O3S/c1-19-9-3-2-7(4-10(9)20-12(13)14)5-15-11(18)8-6-16-21-17-8/h2-4,6,12H,5H2,1H3,(H,15,18). The molecular formula is C12H11F2N3O3S. The molecule has 0 bridgehead atoms. The summed E-state index contributed by atoms with van der Waals surface area (Å²) in [7, 11) is 1.35. The Balaban J connectivity index is 2.04. The van der Waals surface area contributed by atoms with E-state index in [-0.39, 0.29) is 23.7 Å². The highest BCUT2D eigenvalue weighted by atomic mass is 32.1. The fraction of sp³-hybridized carbons (Fsp3) is 0.250. The fourth-order valence-corrected chi connectivity index (χ4v) is 1.97. The Labute approximate surface area is 123 Å². The lowest BCUT2D eigenvalue weighted by Gasteiger charge is -2.11. The fourth-order valence-electron chi connectivity index (χ4n) is 1.56. The van der Waals surface area contributed by atoms with Crippen molar-refractivity contribution in [2.24, 2.45) is 0 Å². The van der Waals surface area contributed by atoms with Crippen molar-refractivity contribution in [3.05, 3.63) is 35.7 Å². The number of nitrogens with zero attached hydrogens (tertiary/aromatic N) is 2. The van der Waals surface area contributed by atoms with Gasteiger partial charge in [-0.05, 0) is 17.7 Å². The summed E-state index contributed by atoms with van der Waals surface area (Å²) in [5, 5.41) is 2.60.